The predicted octanol–water partition coefficient (Wildman–Crippen LogP) is 5.27. The molecule has 0 spiro atoms. The van der Waals surface area contributed by atoms with Gasteiger partial charge in [-0.25, -0.2) is 9.97 Å². The van der Waals surface area contributed by atoms with Gasteiger partial charge in [0.05, 0.1) is 22.4 Å². The lowest BCUT2D eigenvalue weighted by molar-refractivity contribution is 1.27. The van der Waals surface area contributed by atoms with Gasteiger partial charge in [-0.05, 0) is 18.6 Å². The average molecular weight is 296 g/mol. The number of fused-ring (bicyclic) bond motifs is 1. The second kappa shape index (κ2) is 5.65. The first-order chi connectivity index (χ1) is 11.3. The van der Waals surface area contributed by atoms with Gasteiger partial charge in [-0.3, -0.25) is 0 Å². The molecule has 0 atom stereocenters. The highest BCUT2D eigenvalue weighted by Gasteiger charge is 2.13. The van der Waals surface area contributed by atoms with E-state index in [1.54, 1.807) is 0 Å². The third kappa shape index (κ3) is 2.49. The van der Waals surface area contributed by atoms with Crippen molar-refractivity contribution in [3.8, 4) is 22.5 Å². The lowest BCUT2D eigenvalue weighted by Gasteiger charge is -2.11. The van der Waals surface area contributed by atoms with Crippen LogP contribution >= 0.6 is 0 Å². The molecule has 4 rings (SSSR count). The van der Waals surface area contributed by atoms with E-state index in [-0.39, 0.29) is 0 Å². The normalized spacial score (nSPS) is 10.8. The largest absolute Gasteiger partial charge is 0.244 e. The Kier molecular flexibility index (Phi) is 3.35. The monoisotopic (exact) mass is 296 g/mol. The van der Waals surface area contributed by atoms with Gasteiger partial charge in [0.25, 0.3) is 0 Å². The van der Waals surface area contributed by atoms with Crippen LogP contribution in [-0.4, -0.2) is 9.97 Å². The van der Waals surface area contributed by atoms with Crippen molar-refractivity contribution in [2.75, 3.05) is 0 Å². The van der Waals surface area contributed by atoms with Crippen LogP contribution in [0.5, 0.6) is 0 Å². The predicted molar refractivity (Wildman–Crippen MR) is 95.1 cm³/mol. The topological polar surface area (TPSA) is 25.8 Å². The van der Waals surface area contributed by atoms with Gasteiger partial charge in [0.2, 0.25) is 0 Å². The van der Waals surface area contributed by atoms with Gasteiger partial charge < -0.3 is 0 Å². The number of hydrogen-bond acceptors (Lipinski definition) is 2. The van der Waals surface area contributed by atoms with Crippen LogP contribution in [0.3, 0.4) is 0 Å². The molecule has 23 heavy (non-hydrogen) atoms. The van der Waals surface area contributed by atoms with E-state index in [1.165, 1.54) is 0 Å². The first-order valence-electron chi connectivity index (χ1n) is 7.71. The summed E-state index contributed by atoms with van der Waals surface area (Å²) in [6.45, 7) is 2.08. The van der Waals surface area contributed by atoms with Crippen molar-refractivity contribution >= 4 is 11.0 Å². The summed E-state index contributed by atoms with van der Waals surface area (Å²) in [5.74, 6) is 0. The highest BCUT2D eigenvalue weighted by atomic mass is 14.8. The lowest BCUT2D eigenvalue weighted by Crippen LogP contribution is -1.96. The van der Waals surface area contributed by atoms with Crippen molar-refractivity contribution in [3.63, 3.8) is 0 Å². The molecule has 0 N–H and O–H groups in total. The maximum absolute atomic E-state index is 4.96. The smallest absolute Gasteiger partial charge is 0.0973 e. The van der Waals surface area contributed by atoms with Crippen LogP contribution in [0.2, 0.25) is 0 Å². The number of benzene rings is 3. The maximum atomic E-state index is 4.96. The summed E-state index contributed by atoms with van der Waals surface area (Å²) in [6.07, 6.45) is 0. The van der Waals surface area contributed by atoms with Crippen molar-refractivity contribution in [1.82, 2.24) is 9.97 Å². The van der Waals surface area contributed by atoms with Crippen LogP contribution in [0.4, 0.5) is 0 Å². The molecule has 0 saturated carbocycles. The first kappa shape index (κ1) is 13.6. The van der Waals surface area contributed by atoms with Gasteiger partial charge >= 0.3 is 0 Å². The van der Waals surface area contributed by atoms with Crippen LogP contribution in [-0.2, 0) is 0 Å². The molecule has 2 nitrogen and oxygen atoms in total. The summed E-state index contributed by atoms with van der Waals surface area (Å²) in [5, 5.41) is 0. The Bertz CT molecular complexity index is 961. The van der Waals surface area contributed by atoms with E-state index in [1.807, 2.05) is 48.5 Å². The van der Waals surface area contributed by atoms with Crippen molar-refractivity contribution in [1.29, 1.82) is 0 Å². The molecule has 110 valence electrons. The molecule has 0 aliphatic carbocycles. The van der Waals surface area contributed by atoms with Gasteiger partial charge in [0, 0.05) is 11.1 Å². The minimum atomic E-state index is 0.926. The Morgan fingerprint density at radius 1 is 0.565 bits per heavy atom. The Morgan fingerprint density at radius 3 is 1.74 bits per heavy atom. The standard InChI is InChI=1S/C21H16N2/c1-15-9-8-14-18-19(15)23-21(17-12-6-3-7-13-17)20(22-18)16-10-4-2-5-11-16/h2-14H,1H3. The van der Waals surface area contributed by atoms with E-state index < -0.39 is 0 Å². The van der Waals surface area contributed by atoms with Gasteiger partial charge in [0.1, 0.15) is 0 Å². The Labute approximate surface area is 135 Å². The zero-order chi connectivity index (χ0) is 15.6. The third-order valence-corrected chi connectivity index (χ3v) is 3.99. The van der Waals surface area contributed by atoms with Crippen molar-refractivity contribution < 1.29 is 0 Å². The molecule has 4 aromatic rings. The SMILES string of the molecule is Cc1cccc2nc(-c3ccccc3)c(-c3ccccc3)nc12. The Balaban J connectivity index is 2.07. The highest BCUT2D eigenvalue weighted by Crippen LogP contribution is 2.31. The van der Waals surface area contributed by atoms with E-state index in [0.717, 1.165) is 39.1 Å². The van der Waals surface area contributed by atoms with Crippen LogP contribution in [0.1, 0.15) is 5.56 Å². The highest BCUT2D eigenvalue weighted by molar-refractivity contribution is 5.87. The third-order valence-electron chi connectivity index (χ3n) is 3.99. The van der Waals surface area contributed by atoms with E-state index in [0.29, 0.717) is 0 Å². The molecule has 2 heteroatoms. The summed E-state index contributed by atoms with van der Waals surface area (Å²) >= 11 is 0. The van der Waals surface area contributed by atoms with Gasteiger partial charge in [-0.1, -0.05) is 72.8 Å². The van der Waals surface area contributed by atoms with Crippen LogP contribution in [0.15, 0.2) is 78.9 Å². The summed E-state index contributed by atoms with van der Waals surface area (Å²) in [6, 6.07) is 26.6. The average Bonchev–Trinajstić information content (AvgIpc) is 2.63. The summed E-state index contributed by atoms with van der Waals surface area (Å²) in [4.78, 5) is 9.88. The van der Waals surface area contributed by atoms with Gasteiger partial charge in [-0.2, -0.15) is 0 Å². The Morgan fingerprint density at radius 2 is 1.13 bits per heavy atom. The van der Waals surface area contributed by atoms with Crippen molar-refractivity contribution in [3.05, 3.63) is 84.4 Å². The lowest BCUT2D eigenvalue weighted by atomic mass is 10.0. The van der Waals surface area contributed by atoms with E-state index in [4.69, 9.17) is 9.97 Å². The van der Waals surface area contributed by atoms with Crippen LogP contribution in [0.25, 0.3) is 33.5 Å². The van der Waals surface area contributed by atoms with E-state index in [9.17, 15) is 0 Å². The fraction of sp³-hybridized carbons (Fsp3) is 0.0476. The second-order valence-electron chi connectivity index (χ2n) is 5.60. The van der Waals surface area contributed by atoms with Crippen LogP contribution in [0, 0.1) is 6.92 Å². The molecule has 0 aliphatic heterocycles. The quantitative estimate of drug-likeness (QED) is 0.503. The first-order valence-corrected chi connectivity index (χ1v) is 7.71. The zero-order valence-corrected chi connectivity index (χ0v) is 12.9. The summed E-state index contributed by atoms with van der Waals surface area (Å²) < 4.78 is 0. The molecule has 0 radical (unpaired) electrons. The number of aromatic nitrogens is 2. The van der Waals surface area contributed by atoms with E-state index in [2.05, 4.69) is 37.3 Å². The minimum absolute atomic E-state index is 0.926. The zero-order valence-electron chi connectivity index (χ0n) is 12.9. The summed E-state index contributed by atoms with van der Waals surface area (Å²) in [5.41, 5.74) is 7.07. The van der Waals surface area contributed by atoms with Crippen molar-refractivity contribution in [2.45, 2.75) is 6.92 Å². The fourth-order valence-electron chi connectivity index (χ4n) is 2.81. The number of rotatable bonds is 2. The van der Waals surface area contributed by atoms with Gasteiger partial charge in [0.15, 0.2) is 0 Å². The van der Waals surface area contributed by atoms with Crippen LogP contribution < -0.4 is 0 Å². The molecule has 1 aromatic heterocycles. The van der Waals surface area contributed by atoms with Gasteiger partial charge in [-0.15, -0.1) is 0 Å². The number of aryl methyl sites for hydroxylation is 1. The number of para-hydroxylation sites is 1. The maximum Gasteiger partial charge on any atom is 0.0973 e. The molecule has 0 fully saturated rings. The molecule has 0 bridgehead atoms. The molecule has 0 saturated heterocycles. The summed E-state index contributed by atoms with van der Waals surface area (Å²) in [7, 11) is 0. The molecule has 3 aromatic carbocycles. The number of nitrogens with zero attached hydrogens (tertiary/aromatic N) is 2. The molecular weight excluding hydrogens is 280 g/mol. The molecule has 1 heterocycles. The minimum Gasteiger partial charge on any atom is -0.244 e. The molecule has 0 unspecified atom stereocenters. The number of hydrogen-bond donors (Lipinski definition) is 0. The van der Waals surface area contributed by atoms with E-state index >= 15 is 0 Å². The molecule has 0 aliphatic rings. The fourth-order valence-corrected chi connectivity index (χ4v) is 2.81. The molecule has 0 amide bonds. The molecular formula is C21H16N2. The Hall–Kier alpha value is -3.00. The second-order valence-corrected chi connectivity index (χ2v) is 5.60. The van der Waals surface area contributed by atoms with Crippen molar-refractivity contribution in [2.24, 2.45) is 0 Å².